The molecule has 18 heavy (non-hydrogen) atoms. The minimum Gasteiger partial charge on any atom is -0.395 e. The molecule has 0 aliphatic heterocycles. The van der Waals surface area contributed by atoms with E-state index >= 15 is 0 Å². The van der Waals surface area contributed by atoms with E-state index in [1.807, 2.05) is 6.20 Å². The van der Waals surface area contributed by atoms with Crippen LogP contribution >= 0.6 is 0 Å². The van der Waals surface area contributed by atoms with Gasteiger partial charge in [-0.05, 0) is 41.6 Å². The van der Waals surface area contributed by atoms with Crippen LogP contribution in [-0.2, 0) is 13.1 Å². The van der Waals surface area contributed by atoms with Crippen LogP contribution in [0.5, 0.6) is 0 Å². The maximum absolute atomic E-state index is 8.99. The van der Waals surface area contributed by atoms with Gasteiger partial charge in [-0.15, -0.1) is 0 Å². The van der Waals surface area contributed by atoms with Gasteiger partial charge in [0.05, 0.1) is 6.61 Å². The second kappa shape index (κ2) is 6.03. The van der Waals surface area contributed by atoms with E-state index < -0.39 is 0 Å². The fraction of sp³-hybridized carbons (Fsp3) is 0.467. The summed E-state index contributed by atoms with van der Waals surface area (Å²) in [5, 5.41) is 13.7. The van der Waals surface area contributed by atoms with Crippen LogP contribution in [0.3, 0.4) is 0 Å². The number of aliphatic hydroxyl groups excluding tert-OH is 1. The molecule has 0 saturated heterocycles. The van der Waals surface area contributed by atoms with Crippen LogP contribution in [0.4, 0.5) is 0 Å². The first-order valence-electron chi connectivity index (χ1n) is 6.60. The standard InChI is InChI=1S/C15H22N2O/c1-12(2)10-16-11-13-3-4-15-14(9-13)5-6-17(15)7-8-18/h3-6,9,12,16,18H,7-8,10-11H2,1-2H3. The van der Waals surface area contributed by atoms with Crippen molar-refractivity contribution in [3.05, 3.63) is 36.0 Å². The number of fused-ring (bicyclic) bond motifs is 1. The monoisotopic (exact) mass is 246 g/mol. The number of benzene rings is 1. The number of hydrogen-bond donors (Lipinski definition) is 2. The molecule has 0 aliphatic rings. The molecule has 1 aromatic carbocycles. The van der Waals surface area contributed by atoms with E-state index in [0.29, 0.717) is 12.5 Å². The normalized spacial score (nSPS) is 11.6. The van der Waals surface area contributed by atoms with Crippen molar-refractivity contribution in [1.82, 2.24) is 9.88 Å². The highest BCUT2D eigenvalue weighted by Crippen LogP contribution is 2.17. The zero-order valence-corrected chi connectivity index (χ0v) is 11.2. The summed E-state index contributed by atoms with van der Waals surface area (Å²) < 4.78 is 2.08. The molecule has 0 bridgehead atoms. The smallest absolute Gasteiger partial charge is 0.0610 e. The highest BCUT2D eigenvalue weighted by atomic mass is 16.3. The second-order valence-electron chi connectivity index (χ2n) is 5.15. The van der Waals surface area contributed by atoms with Crippen molar-refractivity contribution in [2.75, 3.05) is 13.2 Å². The van der Waals surface area contributed by atoms with Crippen molar-refractivity contribution < 1.29 is 5.11 Å². The summed E-state index contributed by atoms with van der Waals surface area (Å²) in [5.41, 5.74) is 2.50. The highest BCUT2D eigenvalue weighted by molar-refractivity contribution is 5.80. The summed E-state index contributed by atoms with van der Waals surface area (Å²) in [6.07, 6.45) is 2.03. The van der Waals surface area contributed by atoms with Crippen LogP contribution in [0, 0.1) is 5.92 Å². The predicted octanol–water partition coefficient (Wildman–Crippen LogP) is 2.38. The van der Waals surface area contributed by atoms with Gasteiger partial charge >= 0.3 is 0 Å². The van der Waals surface area contributed by atoms with Crippen LogP contribution in [-0.4, -0.2) is 22.8 Å². The Morgan fingerprint density at radius 2 is 2.11 bits per heavy atom. The molecule has 3 nitrogen and oxygen atoms in total. The lowest BCUT2D eigenvalue weighted by Gasteiger charge is -2.08. The molecular weight excluding hydrogens is 224 g/mol. The maximum Gasteiger partial charge on any atom is 0.0610 e. The molecule has 0 amide bonds. The number of aliphatic hydroxyl groups is 1. The van der Waals surface area contributed by atoms with Crippen molar-refractivity contribution in [1.29, 1.82) is 0 Å². The summed E-state index contributed by atoms with van der Waals surface area (Å²) in [6.45, 7) is 7.23. The molecule has 0 atom stereocenters. The van der Waals surface area contributed by atoms with E-state index in [2.05, 4.69) is 48.0 Å². The first-order chi connectivity index (χ1) is 8.70. The van der Waals surface area contributed by atoms with Gasteiger partial charge in [0.15, 0.2) is 0 Å². The van der Waals surface area contributed by atoms with Gasteiger partial charge in [-0.3, -0.25) is 0 Å². The Hall–Kier alpha value is -1.32. The van der Waals surface area contributed by atoms with Crippen molar-refractivity contribution in [3.8, 4) is 0 Å². The maximum atomic E-state index is 8.99. The lowest BCUT2D eigenvalue weighted by molar-refractivity contribution is 0.278. The molecule has 0 fully saturated rings. The average Bonchev–Trinajstić information content (AvgIpc) is 2.72. The third-order valence-corrected chi connectivity index (χ3v) is 3.06. The molecule has 2 rings (SSSR count). The molecule has 0 saturated carbocycles. The van der Waals surface area contributed by atoms with E-state index in [4.69, 9.17) is 5.11 Å². The van der Waals surface area contributed by atoms with Gasteiger partial charge in [-0.25, -0.2) is 0 Å². The minimum atomic E-state index is 0.182. The molecule has 2 N–H and O–H groups in total. The third-order valence-electron chi connectivity index (χ3n) is 3.06. The summed E-state index contributed by atoms with van der Waals surface area (Å²) in [7, 11) is 0. The van der Waals surface area contributed by atoms with Gasteiger partial charge in [0.2, 0.25) is 0 Å². The summed E-state index contributed by atoms with van der Waals surface area (Å²) in [5.74, 6) is 0.680. The number of nitrogens with one attached hydrogen (secondary N) is 1. The van der Waals surface area contributed by atoms with Crippen LogP contribution < -0.4 is 5.32 Å². The van der Waals surface area contributed by atoms with E-state index in [9.17, 15) is 0 Å². The molecule has 0 aliphatic carbocycles. The van der Waals surface area contributed by atoms with Gasteiger partial charge in [-0.2, -0.15) is 0 Å². The SMILES string of the molecule is CC(C)CNCc1ccc2c(ccn2CCO)c1. The van der Waals surface area contributed by atoms with Crippen molar-refractivity contribution in [3.63, 3.8) is 0 Å². The molecule has 0 unspecified atom stereocenters. The van der Waals surface area contributed by atoms with Crippen molar-refractivity contribution >= 4 is 10.9 Å². The van der Waals surface area contributed by atoms with E-state index in [0.717, 1.165) is 13.1 Å². The number of rotatable bonds is 6. The molecule has 1 heterocycles. The average molecular weight is 246 g/mol. The van der Waals surface area contributed by atoms with Crippen molar-refractivity contribution in [2.24, 2.45) is 5.92 Å². The van der Waals surface area contributed by atoms with Gasteiger partial charge < -0.3 is 15.0 Å². The molecule has 3 heteroatoms. The molecule has 98 valence electrons. The van der Waals surface area contributed by atoms with Gasteiger partial charge in [0.25, 0.3) is 0 Å². The zero-order chi connectivity index (χ0) is 13.0. The van der Waals surface area contributed by atoms with E-state index in [-0.39, 0.29) is 6.61 Å². The highest BCUT2D eigenvalue weighted by Gasteiger charge is 2.02. The van der Waals surface area contributed by atoms with E-state index in [1.54, 1.807) is 0 Å². The number of aromatic nitrogens is 1. The molecule has 0 radical (unpaired) electrons. The first-order valence-corrected chi connectivity index (χ1v) is 6.60. The second-order valence-corrected chi connectivity index (χ2v) is 5.15. The lowest BCUT2D eigenvalue weighted by atomic mass is 10.1. The molecular formula is C15H22N2O. The van der Waals surface area contributed by atoms with Crippen LogP contribution in [0.2, 0.25) is 0 Å². The Morgan fingerprint density at radius 3 is 2.83 bits per heavy atom. The minimum absolute atomic E-state index is 0.182. The Morgan fingerprint density at radius 1 is 1.28 bits per heavy atom. The van der Waals surface area contributed by atoms with Crippen LogP contribution in [0.25, 0.3) is 10.9 Å². The summed E-state index contributed by atoms with van der Waals surface area (Å²) in [4.78, 5) is 0. The Bertz CT molecular complexity index is 502. The Balaban J connectivity index is 2.08. The van der Waals surface area contributed by atoms with Gasteiger partial charge in [-0.1, -0.05) is 19.9 Å². The Labute approximate surface area is 108 Å². The topological polar surface area (TPSA) is 37.2 Å². The molecule has 1 aromatic heterocycles. The lowest BCUT2D eigenvalue weighted by Crippen LogP contribution is -2.18. The quantitative estimate of drug-likeness (QED) is 0.821. The number of hydrogen-bond acceptors (Lipinski definition) is 2. The van der Waals surface area contributed by atoms with Crippen LogP contribution in [0.15, 0.2) is 30.5 Å². The van der Waals surface area contributed by atoms with Gasteiger partial charge in [0.1, 0.15) is 0 Å². The molecule has 2 aromatic rings. The first kappa shape index (κ1) is 13.1. The largest absolute Gasteiger partial charge is 0.395 e. The third kappa shape index (κ3) is 3.12. The summed E-state index contributed by atoms with van der Waals surface area (Å²) >= 11 is 0. The fourth-order valence-electron chi connectivity index (χ4n) is 2.17. The fourth-order valence-corrected chi connectivity index (χ4v) is 2.17. The van der Waals surface area contributed by atoms with Crippen LogP contribution in [0.1, 0.15) is 19.4 Å². The van der Waals surface area contributed by atoms with E-state index in [1.165, 1.54) is 16.5 Å². The predicted molar refractivity (Wildman–Crippen MR) is 75.6 cm³/mol. The Kier molecular flexibility index (Phi) is 4.39. The van der Waals surface area contributed by atoms with Crippen molar-refractivity contribution in [2.45, 2.75) is 26.9 Å². The zero-order valence-electron chi connectivity index (χ0n) is 11.2. The molecule has 0 spiro atoms. The van der Waals surface area contributed by atoms with Gasteiger partial charge in [0, 0.05) is 24.8 Å². The number of nitrogens with zero attached hydrogens (tertiary/aromatic N) is 1. The summed E-state index contributed by atoms with van der Waals surface area (Å²) in [6, 6.07) is 8.62.